The minimum atomic E-state index is -1.15. The molecule has 25 heavy (non-hydrogen) atoms. The Hall–Kier alpha value is -2.43. The molecule has 4 atom stereocenters. The Balaban J connectivity index is 1.85. The van der Waals surface area contributed by atoms with Gasteiger partial charge >= 0.3 is 0 Å². The van der Waals surface area contributed by atoms with Crippen molar-refractivity contribution in [3.8, 4) is 22.9 Å². The first-order valence-corrected chi connectivity index (χ1v) is 8.01. The molecule has 0 spiro atoms. The highest BCUT2D eigenvalue weighted by atomic mass is 16.7. The van der Waals surface area contributed by atoms with Gasteiger partial charge in [0.05, 0.1) is 24.3 Å². The van der Waals surface area contributed by atoms with Crippen molar-refractivity contribution < 1.29 is 24.8 Å². The quantitative estimate of drug-likeness (QED) is 0.777. The maximum Gasteiger partial charge on any atom is 0.202 e. The summed E-state index contributed by atoms with van der Waals surface area (Å²) in [6.07, 6.45) is -3.79. The number of aliphatic hydroxyl groups is 3. The van der Waals surface area contributed by atoms with Gasteiger partial charge in [-0.15, -0.1) is 0 Å². The van der Waals surface area contributed by atoms with E-state index in [9.17, 15) is 15.3 Å². The Morgan fingerprint density at radius 1 is 1.16 bits per heavy atom. The van der Waals surface area contributed by atoms with Gasteiger partial charge in [0.25, 0.3) is 0 Å². The minimum Gasteiger partial charge on any atom is -0.464 e. The Bertz CT molecular complexity index is 772. The van der Waals surface area contributed by atoms with Crippen LogP contribution in [0.1, 0.15) is 12.0 Å². The maximum atomic E-state index is 9.93. The molecular weight excluding hydrogens is 322 g/mol. The summed E-state index contributed by atoms with van der Waals surface area (Å²) in [6.45, 7) is -0.413. The second-order valence-corrected chi connectivity index (χ2v) is 5.89. The van der Waals surface area contributed by atoms with E-state index >= 15 is 0 Å². The molecule has 0 aromatic heterocycles. The van der Waals surface area contributed by atoms with Crippen molar-refractivity contribution >= 4 is 0 Å². The standard InChI is InChI=1S/C19H19NO5/c20-10-12-4-3-5-13(8-12)14-6-1-2-7-16(14)24-18-9-15(22)19(23)17(11-21)25-18/h1-8,15,17-19,21-23H,9,11H2. The van der Waals surface area contributed by atoms with E-state index < -0.39 is 31.2 Å². The smallest absolute Gasteiger partial charge is 0.202 e. The molecule has 6 nitrogen and oxygen atoms in total. The minimum absolute atomic E-state index is 0.0875. The van der Waals surface area contributed by atoms with Gasteiger partial charge in [0, 0.05) is 12.0 Å². The summed E-state index contributed by atoms with van der Waals surface area (Å²) in [5.74, 6) is 0.530. The van der Waals surface area contributed by atoms with Crippen molar-refractivity contribution in [2.75, 3.05) is 6.61 Å². The average Bonchev–Trinajstić information content (AvgIpc) is 2.65. The van der Waals surface area contributed by atoms with E-state index in [1.54, 1.807) is 24.3 Å². The Morgan fingerprint density at radius 3 is 2.72 bits per heavy atom. The van der Waals surface area contributed by atoms with E-state index in [1.165, 1.54) is 0 Å². The number of nitriles is 1. The van der Waals surface area contributed by atoms with Gasteiger partial charge in [-0.05, 0) is 23.8 Å². The lowest BCUT2D eigenvalue weighted by molar-refractivity contribution is -0.229. The molecule has 2 aromatic rings. The highest BCUT2D eigenvalue weighted by molar-refractivity contribution is 5.71. The number of para-hydroxylation sites is 1. The van der Waals surface area contributed by atoms with E-state index in [4.69, 9.17) is 14.7 Å². The normalized spacial score (nSPS) is 26.0. The zero-order chi connectivity index (χ0) is 17.8. The molecule has 1 heterocycles. The van der Waals surface area contributed by atoms with Crippen molar-refractivity contribution in [2.24, 2.45) is 0 Å². The van der Waals surface area contributed by atoms with Crippen molar-refractivity contribution in [1.82, 2.24) is 0 Å². The highest BCUT2D eigenvalue weighted by Crippen LogP contribution is 2.33. The predicted molar refractivity (Wildman–Crippen MR) is 89.6 cm³/mol. The van der Waals surface area contributed by atoms with Crippen molar-refractivity contribution in [3.05, 3.63) is 54.1 Å². The fourth-order valence-corrected chi connectivity index (χ4v) is 2.85. The molecule has 0 radical (unpaired) electrons. The zero-order valence-corrected chi connectivity index (χ0v) is 13.4. The van der Waals surface area contributed by atoms with Crippen LogP contribution in [0.2, 0.25) is 0 Å². The number of hydrogen-bond donors (Lipinski definition) is 3. The molecule has 2 aromatic carbocycles. The molecule has 1 saturated heterocycles. The van der Waals surface area contributed by atoms with Crippen LogP contribution in [0.25, 0.3) is 11.1 Å². The first-order valence-electron chi connectivity index (χ1n) is 8.01. The molecule has 0 saturated carbocycles. The zero-order valence-electron chi connectivity index (χ0n) is 13.4. The number of ether oxygens (including phenoxy) is 2. The monoisotopic (exact) mass is 341 g/mol. The van der Waals surface area contributed by atoms with Gasteiger partial charge in [-0.1, -0.05) is 30.3 Å². The van der Waals surface area contributed by atoms with Gasteiger partial charge in [0.1, 0.15) is 18.0 Å². The molecule has 130 valence electrons. The summed E-state index contributed by atoms with van der Waals surface area (Å²) in [4.78, 5) is 0. The molecule has 4 unspecified atom stereocenters. The molecule has 3 N–H and O–H groups in total. The number of hydrogen-bond acceptors (Lipinski definition) is 6. The molecule has 0 amide bonds. The van der Waals surface area contributed by atoms with Gasteiger partial charge in [-0.2, -0.15) is 5.26 Å². The summed E-state index contributed by atoms with van der Waals surface area (Å²) in [5.41, 5.74) is 2.15. The van der Waals surface area contributed by atoms with Gasteiger partial charge < -0.3 is 24.8 Å². The molecule has 1 fully saturated rings. The van der Waals surface area contributed by atoms with Crippen LogP contribution >= 0.6 is 0 Å². The first kappa shape index (κ1) is 17.4. The summed E-state index contributed by atoms with van der Waals surface area (Å²) in [6, 6.07) is 16.6. The second kappa shape index (κ2) is 7.64. The SMILES string of the molecule is N#Cc1cccc(-c2ccccc2OC2CC(O)C(O)C(CO)O2)c1. The third kappa shape index (κ3) is 3.81. The molecule has 6 heteroatoms. The van der Waals surface area contributed by atoms with Crippen molar-refractivity contribution in [2.45, 2.75) is 31.0 Å². The predicted octanol–water partition coefficient (Wildman–Crippen LogP) is 1.43. The fraction of sp³-hybridized carbons (Fsp3) is 0.316. The van der Waals surface area contributed by atoms with Crippen LogP contribution in [0.4, 0.5) is 0 Å². The number of aliphatic hydroxyl groups excluding tert-OH is 3. The van der Waals surface area contributed by atoms with E-state index in [2.05, 4.69) is 6.07 Å². The lowest BCUT2D eigenvalue weighted by Crippen LogP contribution is -2.51. The summed E-state index contributed by atoms with van der Waals surface area (Å²) >= 11 is 0. The molecular formula is C19H19NO5. The Labute approximate surface area is 145 Å². The topological polar surface area (TPSA) is 103 Å². The van der Waals surface area contributed by atoms with E-state index in [-0.39, 0.29) is 6.42 Å². The van der Waals surface area contributed by atoms with Crippen LogP contribution in [0.5, 0.6) is 5.75 Å². The maximum absolute atomic E-state index is 9.93. The third-order valence-electron chi connectivity index (χ3n) is 4.16. The number of benzene rings is 2. The summed E-state index contributed by atoms with van der Waals surface area (Å²) in [7, 11) is 0. The number of rotatable bonds is 4. The van der Waals surface area contributed by atoms with E-state index in [1.807, 2.05) is 24.3 Å². The molecule has 3 rings (SSSR count). The molecule has 0 bridgehead atoms. The van der Waals surface area contributed by atoms with Gasteiger partial charge in [0.2, 0.25) is 6.29 Å². The fourth-order valence-electron chi connectivity index (χ4n) is 2.85. The van der Waals surface area contributed by atoms with Crippen molar-refractivity contribution in [3.63, 3.8) is 0 Å². The van der Waals surface area contributed by atoms with Gasteiger partial charge in [0.15, 0.2) is 0 Å². The Kier molecular flexibility index (Phi) is 5.31. The third-order valence-corrected chi connectivity index (χ3v) is 4.16. The van der Waals surface area contributed by atoms with Gasteiger partial charge in [-0.25, -0.2) is 0 Å². The van der Waals surface area contributed by atoms with Gasteiger partial charge in [-0.3, -0.25) is 0 Å². The van der Waals surface area contributed by atoms with E-state index in [0.717, 1.165) is 11.1 Å². The van der Waals surface area contributed by atoms with Crippen LogP contribution in [0.3, 0.4) is 0 Å². The van der Waals surface area contributed by atoms with E-state index in [0.29, 0.717) is 11.3 Å². The van der Waals surface area contributed by atoms with Crippen LogP contribution in [-0.2, 0) is 4.74 Å². The second-order valence-electron chi connectivity index (χ2n) is 5.89. The van der Waals surface area contributed by atoms with Crippen LogP contribution < -0.4 is 4.74 Å². The summed E-state index contributed by atoms with van der Waals surface area (Å²) < 4.78 is 11.4. The van der Waals surface area contributed by atoms with Crippen molar-refractivity contribution in [1.29, 1.82) is 5.26 Å². The lowest BCUT2D eigenvalue weighted by Gasteiger charge is -2.36. The van der Waals surface area contributed by atoms with Crippen LogP contribution in [0, 0.1) is 11.3 Å². The largest absolute Gasteiger partial charge is 0.464 e. The molecule has 1 aliphatic rings. The lowest BCUT2D eigenvalue weighted by atomic mass is 10.0. The first-order chi connectivity index (χ1) is 12.1. The highest BCUT2D eigenvalue weighted by Gasteiger charge is 2.37. The van der Waals surface area contributed by atoms with Crippen LogP contribution in [-0.4, -0.2) is 46.5 Å². The molecule has 1 aliphatic heterocycles. The molecule has 0 aliphatic carbocycles. The Morgan fingerprint density at radius 2 is 1.96 bits per heavy atom. The average molecular weight is 341 g/mol. The van der Waals surface area contributed by atoms with Crippen LogP contribution in [0.15, 0.2) is 48.5 Å². The summed E-state index contributed by atoms with van der Waals surface area (Å²) in [5, 5.41) is 38.1. The number of nitrogens with zero attached hydrogens (tertiary/aromatic N) is 1.